The fraction of sp³-hybridized carbons (Fsp3) is 0.111. The van der Waals surface area contributed by atoms with Gasteiger partial charge in [-0.3, -0.25) is 9.97 Å². The van der Waals surface area contributed by atoms with E-state index in [0.29, 0.717) is 0 Å². The molecule has 0 atom stereocenters. The fourth-order valence-electron chi connectivity index (χ4n) is 1.29. The summed E-state index contributed by atoms with van der Waals surface area (Å²) in [6.45, 7) is 4.24. The summed E-state index contributed by atoms with van der Waals surface area (Å²) >= 11 is 0. The molecule has 0 saturated carbocycles. The zero-order valence-electron chi connectivity index (χ0n) is 12.8. The first kappa shape index (κ1) is 22.8. The van der Waals surface area contributed by atoms with E-state index in [1.54, 1.807) is 24.8 Å². The highest BCUT2D eigenvalue weighted by atomic mass is 79.9. The van der Waals surface area contributed by atoms with Crippen LogP contribution in [0, 0.1) is 13.8 Å². The summed E-state index contributed by atoms with van der Waals surface area (Å²) in [5, 5.41) is 0. The number of halogens is 2. The molecule has 0 aliphatic rings. The minimum absolute atomic E-state index is 0. The molecule has 22 heavy (non-hydrogen) atoms. The van der Waals surface area contributed by atoms with Gasteiger partial charge in [-0.05, 0) is 49.2 Å². The Morgan fingerprint density at radius 1 is 0.500 bits per heavy atom. The van der Waals surface area contributed by atoms with Crippen LogP contribution in [-0.2, 0) is 0 Å². The van der Waals surface area contributed by atoms with Gasteiger partial charge in [-0.15, -0.1) is 34.0 Å². The quantitative estimate of drug-likeness (QED) is 0.466. The third kappa shape index (κ3) is 12.2. The molecule has 0 aliphatic carbocycles. The van der Waals surface area contributed by atoms with Gasteiger partial charge in [-0.1, -0.05) is 36.4 Å². The highest BCUT2D eigenvalue weighted by Gasteiger charge is 1.83. The standard InChI is InChI=1S/C8H10.2C5H5N.2BrH/c1-7-5-3-4-6-8(7)2;2*1-2-4-6-5-3-1;;/h3-6H,1-2H3;2*1-5H;2*1H. The molecule has 0 fully saturated rings. The fourth-order valence-corrected chi connectivity index (χ4v) is 1.29. The first-order chi connectivity index (χ1) is 9.80. The summed E-state index contributed by atoms with van der Waals surface area (Å²) in [5.74, 6) is 0. The molecular formula is C18H22Br2N2. The van der Waals surface area contributed by atoms with E-state index in [0.717, 1.165) is 0 Å². The lowest BCUT2D eigenvalue weighted by Gasteiger charge is -1.93. The van der Waals surface area contributed by atoms with Crippen LogP contribution in [0.15, 0.2) is 85.5 Å². The molecule has 3 rings (SSSR count). The van der Waals surface area contributed by atoms with Crippen LogP contribution in [-0.4, -0.2) is 9.97 Å². The molecule has 4 heteroatoms. The Bertz CT molecular complexity index is 455. The van der Waals surface area contributed by atoms with Crippen LogP contribution in [0.25, 0.3) is 0 Å². The van der Waals surface area contributed by atoms with Crippen LogP contribution in [0.2, 0.25) is 0 Å². The van der Waals surface area contributed by atoms with Gasteiger partial charge in [0.25, 0.3) is 0 Å². The van der Waals surface area contributed by atoms with Gasteiger partial charge in [-0.2, -0.15) is 0 Å². The molecule has 0 radical (unpaired) electrons. The molecule has 118 valence electrons. The average Bonchev–Trinajstić information content (AvgIpc) is 2.55. The minimum atomic E-state index is 0. The maximum absolute atomic E-state index is 3.78. The summed E-state index contributed by atoms with van der Waals surface area (Å²) in [4.78, 5) is 7.57. The van der Waals surface area contributed by atoms with E-state index in [-0.39, 0.29) is 34.0 Å². The van der Waals surface area contributed by atoms with Crippen LogP contribution in [0.5, 0.6) is 0 Å². The zero-order chi connectivity index (χ0) is 14.5. The smallest absolute Gasteiger partial charge is 0.0267 e. The lowest BCUT2D eigenvalue weighted by molar-refractivity contribution is 1.33. The third-order valence-corrected chi connectivity index (χ3v) is 2.56. The molecule has 0 aliphatic heterocycles. The maximum Gasteiger partial charge on any atom is 0.0267 e. The molecule has 1 aromatic carbocycles. The number of hydrogen-bond donors (Lipinski definition) is 0. The summed E-state index contributed by atoms with van der Waals surface area (Å²) in [7, 11) is 0. The SMILES string of the molecule is Br.Br.Cc1ccccc1C.c1ccncc1.c1ccncc1. The van der Waals surface area contributed by atoms with E-state index < -0.39 is 0 Å². The Morgan fingerprint density at radius 3 is 0.955 bits per heavy atom. The Morgan fingerprint density at radius 2 is 0.818 bits per heavy atom. The van der Waals surface area contributed by atoms with Crippen molar-refractivity contribution in [3.05, 3.63) is 96.6 Å². The predicted molar refractivity (Wildman–Crippen MR) is 105 cm³/mol. The highest BCUT2D eigenvalue weighted by molar-refractivity contribution is 8.93. The van der Waals surface area contributed by atoms with Crippen molar-refractivity contribution in [3.63, 3.8) is 0 Å². The van der Waals surface area contributed by atoms with Crippen molar-refractivity contribution in [1.29, 1.82) is 0 Å². The van der Waals surface area contributed by atoms with E-state index in [9.17, 15) is 0 Å². The van der Waals surface area contributed by atoms with Gasteiger partial charge in [0.15, 0.2) is 0 Å². The van der Waals surface area contributed by atoms with E-state index in [1.807, 2.05) is 36.4 Å². The second-order valence-electron chi connectivity index (χ2n) is 4.13. The van der Waals surface area contributed by atoms with E-state index in [2.05, 4.69) is 48.1 Å². The van der Waals surface area contributed by atoms with Gasteiger partial charge in [0.05, 0.1) is 0 Å². The molecule has 2 heterocycles. The summed E-state index contributed by atoms with van der Waals surface area (Å²) < 4.78 is 0. The Balaban J connectivity index is 0. The normalized spacial score (nSPS) is 7.73. The van der Waals surface area contributed by atoms with E-state index >= 15 is 0 Å². The van der Waals surface area contributed by atoms with Crippen molar-refractivity contribution < 1.29 is 0 Å². The Labute approximate surface area is 154 Å². The number of hydrogen-bond acceptors (Lipinski definition) is 2. The van der Waals surface area contributed by atoms with Crippen molar-refractivity contribution in [2.45, 2.75) is 13.8 Å². The van der Waals surface area contributed by atoms with Gasteiger partial charge in [0.2, 0.25) is 0 Å². The molecule has 0 amide bonds. The monoisotopic (exact) mass is 424 g/mol. The molecular weight excluding hydrogens is 404 g/mol. The third-order valence-electron chi connectivity index (χ3n) is 2.56. The van der Waals surface area contributed by atoms with Crippen molar-refractivity contribution in [2.75, 3.05) is 0 Å². The van der Waals surface area contributed by atoms with Crippen molar-refractivity contribution in [3.8, 4) is 0 Å². The van der Waals surface area contributed by atoms with Crippen LogP contribution in [0.4, 0.5) is 0 Å². The first-order valence-electron chi connectivity index (χ1n) is 6.53. The Kier molecular flexibility index (Phi) is 16.4. The highest BCUT2D eigenvalue weighted by Crippen LogP contribution is 2.02. The lowest BCUT2D eigenvalue weighted by atomic mass is 10.1. The summed E-state index contributed by atoms with van der Waals surface area (Å²) in [5.41, 5.74) is 2.74. The number of aryl methyl sites for hydroxylation is 2. The number of pyridine rings is 2. The molecule has 0 spiro atoms. The van der Waals surface area contributed by atoms with Gasteiger partial charge in [-0.25, -0.2) is 0 Å². The largest absolute Gasteiger partial charge is 0.265 e. The topological polar surface area (TPSA) is 25.8 Å². The lowest BCUT2D eigenvalue weighted by Crippen LogP contribution is -1.74. The summed E-state index contributed by atoms with van der Waals surface area (Å²) in [6.07, 6.45) is 7.00. The first-order valence-corrected chi connectivity index (χ1v) is 6.53. The molecule has 0 saturated heterocycles. The molecule has 3 aromatic rings. The van der Waals surface area contributed by atoms with Crippen molar-refractivity contribution >= 4 is 34.0 Å². The minimum Gasteiger partial charge on any atom is -0.265 e. The molecule has 0 unspecified atom stereocenters. The van der Waals surface area contributed by atoms with Gasteiger partial charge in [0.1, 0.15) is 0 Å². The van der Waals surface area contributed by atoms with Crippen LogP contribution in [0.1, 0.15) is 11.1 Å². The van der Waals surface area contributed by atoms with Gasteiger partial charge in [0, 0.05) is 24.8 Å². The molecule has 2 nitrogen and oxygen atoms in total. The number of benzene rings is 1. The zero-order valence-corrected chi connectivity index (χ0v) is 16.2. The maximum atomic E-state index is 3.78. The van der Waals surface area contributed by atoms with Crippen LogP contribution < -0.4 is 0 Å². The molecule has 0 bridgehead atoms. The molecule has 0 N–H and O–H groups in total. The van der Waals surface area contributed by atoms with Crippen molar-refractivity contribution in [1.82, 2.24) is 9.97 Å². The number of nitrogens with zero attached hydrogens (tertiary/aromatic N) is 2. The van der Waals surface area contributed by atoms with Gasteiger partial charge >= 0.3 is 0 Å². The van der Waals surface area contributed by atoms with Gasteiger partial charge < -0.3 is 0 Å². The summed E-state index contributed by atoms with van der Waals surface area (Å²) in [6, 6.07) is 19.8. The Hall–Kier alpha value is -1.52. The van der Waals surface area contributed by atoms with E-state index in [1.165, 1.54) is 11.1 Å². The second kappa shape index (κ2) is 15.9. The average molecular weight is 426 g/mol. The number of rotatable bonds is 0. The van der Waals surface area contributed by atoms with Crippen LogP contribution >= 0.6 is 34.0 Å². The van der Waals surface area contributed by atoms with Crippen LogP contribution in [0.3, 0.4) is 0 Å². The second-order valence-corrected chi connectivity index (χ2v) is 4.13. The molecule has 2 aromatic heterocycles. The number of aromatic nitrogens is 2. The predicted octanol–water partition coefficient (Wildman–Crippen LogP) is 5.62. The van der Waals surface area contributed by atoms with Crippen molar-refractivity contribution in [2.24, 2.45) is 0 Å². The van der Waals surface area contributed by atoms with E-state index in [4.69, 9.17) is 0 Å².